The Kier molecular flexibility index (Phi) is 2.22. The van der Waals surface area contributed by atoms with Gasteiger partial charge in [-0.3, -0.25) is 9.59 Å². The van der Waals surface area contributed by atoms with E-state index in [-0.39, 0.29) is 18.2 Å². The maximum absolute atomic E-state index is 11.1. The molecule has 0 aromatic carbocycles. The van der Waals surface area contributed by atoms with Gasteiger partial charge in [0, 0.05) is 19.2 Å². The molecule has 1 saturated heterocycles. The van der Waals surface area contributed by atoms with Crippen molar-refractivity contribution in [1.82, 2.24) is 5.32 Å². The summed E-state index contributed by atoms with van der Waals surface area (Å²) >= 11 is 0. The lowest BCUT2D eigenvalue weighted by Gasteiger charge is -2.25. The largest absolute Gasteiger partial charge is 0.438 e. The number of piperazine rings is 1. The van der Waals surface area contributed by atoms with Crippen molar-refractivity contribution in [1.29, 1.82) is 0 Å². The zero-order valence-corrected chi connectivity index (χ0v) is 7.53. The third-order valence-corrected chi connectivity index (χ3v) is 2.08. The first-order chi connectivity index (χ1) is 6.79. The van der Waals surface area contributed by atoms with Crippen molar-refractivity contribution in [2.75, 3.05) is 24.5 Å². The lowest BCUT2D eigenvalue weighted by atomic mass is 10.3. The fraction of sp³-hybridized carbons (Fsp3) is 0.333. The summed E-state index contributed by atoms with van der Waals surface area (Å²) in [7, 11) is 0. The van der Waals surface area contributed by atoms with Crippen LogP contribution in [0.3, 0.4) is 0 Å². The minimum absolute atomic E-state index is 0.0275. The van der Waals surface area contributed by atoms with E-state index in [0.717, 1.165) is 0 Å². The first-order valence-corrected chi connectivity index (χ1v) is 4.36. The number of rotatable bonds is 2. The predicted molar refractivity (Wildman–Crippen MR) is 49.3 cm³/mol. The average molecular weight is 194 g/mol. The van der Waals surface area contributed by atoms with Crippen LogP contribution in [0.4, 0.5) is 5.88 Å². The Labute approximate surface area is 80.7 Å². The Morgan fingerprint density at radius 2 is 2.36 bits per heavy atom. The van der Waals surface area contributed by atoms with E-state index in [0.29, 0.717) is 25.3 Å². The molecule has 1 N–H and O–H groups in total. The summed E-state index contributed by atoms with van der Waals surface area (Å²) in [6, 6.07) is 3.29. The lowest BCUT2D eigenvalue weighted by Crippen LogP contribution is -2.47. The van der Waals surface area contributed by atoms with Crippen LogP contribution in [0.15, 0.2) is 16.5 Å². The fourth-order valence-electron chi connectivity index (χ4n) is 1.40. The molecule has 1 aromatic rings. The number of nitrogens with one attached hydrogen (secondary N) is 1. The predicted octanol–water partition coefficient (Wildman–Crippen LogP) is 0.0283. The number of furan rings is 1. The summed E-state index contributed by atoms with van der Waals surface area (Å²) in [4.78, 5) is 23.2. The highest BCUT2D eigenvalue weighted by Gasteiger charge is 2.18. The minimum Gasteiger partial charge on any atom is -0.438 e. The van der Waals surface area contributed by atoms with Gasteiger partial charge in [-0.1, -0.05) is 0 Å². The van der Waals surface area contributed by atoms with E-state index in [1.807, 2.05) is 0 Å². The first kappa shape index (κ1) is 8.80. The van der Waals surface area contributed by atoms with E-state index in [4.69, 9.17) is 4.42 Å². The van der Waals surface area contributed by atoms with E-state index < -0.39 is 0 Å². The molecular weight excluding hydrogens is 184 g/mol. The average Bonchev–Trinajstić information content (AvgIpc) is 2.66. The number of hydrogen-bond donors (Lipinski definition) is 1. The maximum atomic E-state index is 11.1. The molecule has 1 aromatic heterocycles. The summed E-state index contributed by atoms with van der Waals surface area (Å²) in [5.41, 5.74) is 0. The van der Waals surface area contributed by atoms with Crippen molar-refractivity contribution < 1.29 is 14.0 Å². The highest BCUT2D eigenvalue weighted by Crippen LogP contribution is 2.17. The van der Waals surface area contributed by atoms with Crippen molar-refractivity contribution in [3.05, 3.63) is 17.9 Å². The van der Waals surface area contributed by atoms with E-state index in [1.54, 1.807) is 17.0 Å². The lowest BCUT2D eigenvalue weighted by molar-refractivity contribution is -0.120. The number of hydrogen-bond acceptors (Lipinski definition) is 4. The van der Waals surface area contributed by atoms with Gasteiger partial charge in [-0.05, 0) is 6.07 Å². The molecule has 0 radical (unpaired) electrons. The summed E-state index contributed by atoms with van der Waals surface area (Å²) < 4.78 is 5.20. The molecule has 0 atom stereocenters. The van der Waals surface area contributed by atoms with Gasteiger partial charge >= 0.3 is 0 Å². The molecule has 0 spiro atoms. The van der Waals surface area contributed by atoms with Gasteiger partial charge in [-0.2, -0.15) is 0 Å². The van der Waals surface area contributed by atoms with E-state index in [9.17, 15) is 9.59 Å². The zero-order chi connectivity index (χ0) is 9.97. The molecule has 2 heterocycles. The molecule has 1 fully saturated rings. The third-order valence-electron chi connectivity index (χ3n) is 2.08. The molecule has 5 nitrogen and oxygen atoms in total. The van der Waals surface area contributed by atoms with Gasteiger partial charge in [0.1, 0.15) is 0 Å². The highest BCUT2D eigenvalue weighted by atomic mass is 16.4. The number of carbonyl (C=O) groups excluding carboxylic acids is 2. The van der Waals surface area contributed by atoms with Gasteiger partial charge in [0.25, 0.3) is 0 Å². The zero-order valence-electron chi connectivity index (χ0n) is 7.53. The second-order valence-electron chi connectivity index (χ2n) is 3.07. The SMILES string of the molecule is O=Cc1ccc(N2CCNC(=O)C2)o1. The Hall–Kier alpha value is -1.78. The van der Waals surface area contributed by atoms with Gasteiger partial charge in [0.05, 0.1) is 6.54 Å². The first-order valence-electron chi connectivity index (χ1n) is 4.36. The van der Waals surface area contributed by atoms with Crippen molar-refractivity contribution in [3.8, 4) is 0 Å². The van der Waals surface area contributed by atoms with Crippen LogP contribution in [0.1, 0.15) is 10.6 Å². The monoisotopic (exact) mass is 194 g/mol. The van der Waals surface area contributed by atoms with Crippen molar-refractivity contribution >= 4 is 18.1 Å². The van der Waals surface area contributed by atoms with Crippen LogP contribution >= 0.6 is 0 Å². The summed E-state index contributed by atoms with van der Waals surface area (Å²) in [6.45, 7) is 1.60. The Balaban J connectivity index is 2.13. The van der Waals surface area contributed by atoms with Gasteiger partial charge in [0.15, 0.2) is 17.9 Å². The molecule has 0 saturated carbocycles. The van der Waals surface area contributed by atoms with Gasteiger partial charge < -0.3 is 14.6 Å². The molecular formula is C9H10N2O3. The van der Waals surface area contributed by atoms with Crippen molar-refractivity contribution in [3.63, 3.8) is 0 Å². The third kappa shape index (κ3) is 1.61. The Bertz CT molecular complexity index is 359. The van der Waals surface area contributed by atoms with E-state index in [1.165, 1.54) is 0 Å². The molecule has 2 rings (SSSR count). The number of aldehydes is 1. The molecule has 74 valence electrons. The van der Waals surface area contributed by atoms with Crippen LogP contribution in [0.25, 0.3) is 0 Å². The number of carbonyl (C=O) groups is 2. The second kappa shape index (κ2) is 3.53. The molecule has 1 amide bonds. The van der Waals surface area contributed by atoms with Gasteiger partial charge in [0.2, 0.25) is 5.91 Å². The summed E-state index contributed by atoms with van der Waals surface area (Å²) in [5, 5.41) is 2.71. The highest BCUT2D eigenvalue weighted by molar-refractivity contribution is 5.82. The van der Waals surface area contributed by atoms with Crippen molar-refractivity contribution in [2.45, 2.75) is 0 Å². The number of anilines is 1. The number of nitrogens with zero attached hydrogens (tertiary/aromatic N) is 1. The summed E-state index contributed by atoms with van der Waals surface area (Å²) in [6.07, 6.45) is 0.646. The topological polar surface area (TPSA) is 62.6 Å². The normalized spacial score (nSPS) is 16.6. The van der Waals surface area contributed by atoms with Crippen molar-refractivity contribution in [2.24, 2.45) is 0 Å². The molecule has 5 heteroatoms. The Morgan fingerprint density at radius 3 is 3.00 bits per heavy atom. The van der Waals surface area contributed by atoms with Crippen LogP contribution in [0.5, 0.6) is 0 Å². The maximum Gasteiger partial charge on any atom is 0.239 e. The quantitative estimate of drug-likeness (QED) is 0.674. The molecule has 1 aliphatic heterocycles. The Morgan fingerprint density at radius 1 is 1.50 bits per heavy atom. The van der Waals surface area contributed by atoms with E-state index >= 15 is 0 Å². The molecule has 0 unspecified atom stereocenters. The second-order valence-corrected chi connectivity index (χ2v) is 3.07. The fourth-order valence-corrected chi connectivity index (χ4v) is 1.40. The smallest absolute Gasteiger partial charge is 0.239 e. The summed E-state index contributed by atoms with van der Waals surface area (Å²) in [5.74, 6) is 0.827. The molecule has 0 aliphatic carbocycles. The van der Waals surface area contributed by atoms with Crippen LogP contribution in [0, 0.1) is 0 Å². The van der Waals surface area contributed by atoms with E-state index in [2.05, 4.69) is 5.32 Å². The van der Waals surface area contributed by atoms with Gasteiger partial charge in [-0.15, -0.1) is 0 Å². The van der Waals surface area contributed by atoms with Crippen LogP contribution in [-0.2, 0) is 4.79 Å². The van der Waals surface area contributed by atoms with Crippen LogP contribution in [-0.4, -0.2) is 31.8 Å². The van der Waals surface area contributed by atoms with Crippen LogP contribution in [0.2, 0.25) is 0 Å². The van der Waals surface area contributed by atoms with Gasteiger partial charge in [-0.25, -0.2) is 0 Å². The molecule has 1 aliphatic rings. The molecule has 0 bridgehead atoms. The standard InChI is InChI=1S/C9H10N2O3/c12-6-7-1-2-9(14-7)11-4-3-10-8(13)5-11/h1-2,6H,3-5H2,(H,10,13). The minimum atomic E-state index is -0.0275. The molecule has 14 heavy (non-hydrogen) atoms. The number of amides is 1. The van der Waals surface area contributed by atoms with Crippen LogP contribution < -0.4 is 10.2 Å².